The summed E-state index contributed by atoms with van der Waals surface area (Å²) >= 11 is 33.6. The maximum Gasteiger partial charge on any atom is 0.495 e. The molecule has 0 unspecified atom stereocenters. The molecule has 6 N–H and O–H groups in total. The Morgan fingerprint density at radius 1 is 0.452 bits per heavy atom. The van der Waals surface area contributed by atoms with Gasteiger partial charge in [0.25, 0.3) is 0 Å². The number of hydrogen-bond acceptors (Lipinski definition) is 18. The summed E-state index contributed by atoms with van der Waals surface area (Å²) in [6, 6.07) is 38.4. The van der Waals surface area contributed by atoms with Crippen molar-refractivity contribution in [3.63, 3.8) is 0 Å². The van der Waals surface area contributed by atoms with E-state index in [9.17, 15) is 5.26 Å². The van der Waals surface area contributed by atoms with Crippen molar-refractivity contribution in [2.45, 2.75) is 91.6 Å². The van der Waals surface area contributed by atoms with E-state index in [1.54, 1.807) is 30.7 Å². The molecule has 5 aromatic carbocycles. The minimum atomic E-state index is -0.401. The summed E-state index contributed by atoms with van der Waals surface area (Å²) in [6.07, 6.45) is 9.55. The third-order valence-corrected chi connectivity index (χ3v) is 18.2. The molecule has 0 aliphatic carbocycles. The molecule has 93 heavy (non-hydrogen) atoms. The van der Waals surface area contributed by atoms with Gasteiger partial charge in [-0.2, -0.15) is 10.5 Å². The van der Waals surface area contributed by atoms with Crippen molar-refractivity contribution >= 4 is 149 Å². The summed E-state index contributed by atoms with van der Waals surface area (Å²) in [7, 11) is -0.801. The molecule has 0 spiro atoms. The van der Waals surface area contributed by atoms with E-state index < -0.39 is 14.2 Å². The van der Waals surface area contributed by atoms with Gasteiger partial charge in [0.2, 0.25) is 0 Å². The molecular weight excluding hydrogens is 1340 g/mol. The van der Waals surface area contributed by atoms with Gasteiger partial charge in [0, 0.05) is 51.4 Å². The number of pyridine rings is 3. The Hall–Kier alpha value is -8.15. The average molecular weight is 1400 g/mol. The van der Waals surface area contributed by atoms with Gasteiger partial charge in [-0.05, 0) is 168 Å². The van der Waals surface area contributed by atoms with Gasteiger partial charge in [0.15, 0.2) is 10.3 Å². The third kappa shape index (κ3) is 15.6. The second kappa shape index (κ2) is 28.6. The summed E-state index contributed by atoms with van der Waals surface area (Å²) in [5.74, 6) is 0.912. The van der Waals surface area contributed by atoms with Crippen molar-refractivity contribution in [3.8, 4) is 45.9 Å². The van der Waals surface area contributed by atoms with E-state index in [4.69, 9.17) is 99.1 Å². The molecule has 26 heteroatoms. The topological polar surface area (TPSA) is 279 Å². The van der Waals surface area contributed by atoms with Crippen LogP contribution < -0.4 is 28.1 Å². The largest absolute Gasteiger partial charge is 0.495 e. The van der Waals surface area contributed by atoms with Crippen molar-refractivity contribution in [2.24, 2.45) is 0 Å². The SMILES string of the molecule is CC1(C)OB(c2cc(Cl)c3ncccc3c2)OC1(C)C.Cc1c(C#N)cccc1-c1nc(N)cnc1-c1cc(Cl)c2ncccc2c1.Cc1c(C#N)cccc1B1OC(C)(C)C(C)(C)O1.Nc1cnc(-c2cc(Cl)c3ncccc3c2)c(Cl)n1.Nc1cnc(Br)c(Cl)n1. The van der Waals surface area contributed by atoms with Crippen LogP contribution in [0, 0.1) is 36.5 Å². The Kier molecular flexibility index (Phi) is 21.3. The second-order valence-electron chi connectivity index (χ2n) is 23.3. The number of fused-ring (bicyclic) bond motifs is 3. The number of aromatic nitrogens is 9. The highest BCUT2D eigenvalue weighted by Gasteiger charge is 2.53. The normalized spacial score (nSPS) is 14.7. The van der Waals surface area contributed by atoms with Gasteiger partial charge in [0.1, 0.15) is 27.8 Å². The van der Waals surface area contributed by atoms with Gasteiger partial charge in [-0.1, -0.05) is 107 Å². The number of benzene rings is 5. The number of rotatable bonds is 5. The fourth-order valence-corrected chi connectivity index (χ4v) is 11.0. The van der Waals surface area contributed by atoms with Gasteiger partial charge < -0.3 is 35.8 Å². The lowest BCUT2D eigenvalue weighted by atomic mass is 9.75. The first kappa shape index (κ1) is 69.2. The highest BCUT2D eigenvalue weighted by atomic mass is 79.9. The van der Waals surface area contributed by atoms with Crippen LogP contribution in [0.25, 0.3) is 66.5 Å². The monoisotopic (exact) mass is 1400 g/mol. The second-order valence-corrected chi connectivity index (χ2v) is 26.0. The quantitative estimate of drug-likeness (QED) is 0.135. The van der Waals surface area contributed by atoms with Crippen LogP contribution in [0.4, 0.5) is 17.5 Å². The molecule has 2 aliphatic heterocycles. The number of hydrogen-bond donors (Lipinski definition) is 3. The van der Waals surface area contributed by atoms with Crippen LogP contribution in [-0.2, 0) is 18.6 Å². The summed E-state index contributed by atoms with van der Waals surface area (Å²) < 4.78 is 24.6. The minimum absolute atomic E-state index is 0.249. The maximum absolute atomic E-state index is 9.35. The molecule has 13 rings (SSSR count). The zero-order chi connectivity index (χ0) is 67.3. The van der Waals surface area contributed by atoms with E-state index >= 15 is 0 Å². The van der Waals surface area contributed by atoms with Gasteiger partial charge >= 0.3 is 14.2 Å². The lowest BCUT2D eigenvalue weighted by Gasteiger charge is -2.32. The molecule has 6 aromatic heterocycles. The molecular formula is C67H60B2BrCl5N14O4. The highest BCUT2D eigenvalue weighted by Crippen LogP contribution is 2.40. The third-order valence-electron chi connectivity index (χ3n) is 16.0. The fourth-order valence-electron chi connectivity index (χ4n) is 9.61. The molecule has 2 saturated heterocycles. The van der Waals surface area contributed by atoms with Crippen LogP contribution in [0.1, 0.15) is 77.6 Å². The van der Waals surface area contributed by atoms with Crippen molar-refractivity contribution in [1.82, 2.24) is 44.9 Å². The highest BCUT2D eigenvalue weighted by molar-refractivity contribution is 9.10. The van der Waals surface area contributed by atoms with E-state index in [0.29, 0.717) is 59.5 Å². The first-order chi connectivity index (χ1) is 44.0. The average Bonchev–Trinajstić information content (AvgIpc) is 1.73. The van der Waals surface area contributed by atoms with Crippen LogP contribution in [0.5, 0.6) is 0 Å². The molecule has 18 nitrogen and oxygen atoms in total. The molecule has 2 aliphatic rings. The molecule has 0 radical (unpaired) electrons. The van der Waals surface area contributed by atoms with Crippen LogP contribution in [0.2, 0.25) is 25.4 Å². The molecule has 8 heterocycles. The summed E-state index contributed by atoms with van der Waals surface area (Å²) in [5.41, 5.74) is 26.6. The van der Waals surface area contributed by atoms with Crippen molar-refractivity contribution in [1.29, 1.82) is 10.5 Å². The van der Waals surface area contributed by atoms with Crippen molar-refractivity contribution in [3.05, 3.63) is 199 Å². The van der Waals surface area contributed by atoms with Crippen molar-refractivity contribution < 1.29 is 18.6 Å². The molecule has 0 bridgehead atoms. The Bertz CT molecular complexity index is 4700. The van der Waals surface area contributed by atoms with Crippen molar-refractivity contribution in [2.75, 3.05) is 17.2 Å². The molecule has 0 saturated carbocycles. The predicted molar refractivity (Wildman–Crippen MR) is 378 cm³/mol. The Morgan fingerprint density at radius 2 is 0.871 bits per heavy atom. The summed E-state index contributed by atoms with van der Waals surface area (Å²) in [4.78, 5) is 37.5. The molecule has 2 fully saturated rings. The first-order valence-electron chi connectivity index (χ1n) is 28.7. The van der Waals surface area contributed by atoms with Gasteiger partial charge in [-0.15, -0.1) is 0 Å². The fraction of sp³-hybridized carbons (Fsp3) is 0.209. The number of nitrogens with zero attached hydrogens (tertiary/aromatic N) is 11. The summed E-state index contributed by atoms with van der Waals surface area (Å²) in [6.45, 7) is 20.1. The van der Waals surface area contributed by atoms with Crippen LogP contribution in [0.3, 0.4) is 0 Å². The van der Waals surface area contributed by atoms with Crippen LogP contribution >= 0.6 is 73.9 Å². The lowest BCUT2D eigenvalue weighted by molar-refractivity contribution is 0.00578. The van der Waals surface area contributed by atoms with Crippen LogP contribution in [-0.4, -0.2) is 81.5 Å². The van der Waals surface area contributed by atoms with E-state index in [1.807, 2.05) is 166 Å². The molecule has 11 aromatic rings. The number of nitrogen functional groups attached to an aromatic ring is 3. The Labute approximate surface area is 572 Å². The number of nitrogens with two attached hydrogens (primary N) is 3. The van der Waals surface area contributed by atoms with E-state index in [2.05, 4.69) is 72.9 Å². The maximum atomic E-state index is 9.35. The number of nitriles is 2. The Morgan fingerprint density at radius 3 is 1.35 bits per heavy atom. The van der Waals surface area contributed by atoms with E-state index in [0.717, 1.165) is 71.5 Å². The molecule has 0 atom stereocenters. The van der Waals surface area contributed by atoms with E-state index in [1.165, 1.54) is 18.6 Å². The van der Waals surface area contributed by atoms with Gasteiger partial charge in [-0.3, -0.25) is 19.9 Å². The van der Waals surface area contributed by atoms with Crippen LogP contribution in [0.15, 0.2) is 151 Å². The molecule has 470 valence electrons. The number of halogens is 6. The Balaban J connectivity index is 0.000000141. The standard InChI is InChI=1S/C21H14ClN5.C15H17BClNO2.C14H18BNO2.C13H8Cl2N4.C4H3BrClN3/c1-12-14(10-23)4-2-6-16(12)21-20(26-11-18(24)27-21)15-8-13-5-3-7-25-19(13)17(22)9-15;1-14(2)15(3,4)20-16(19-14)11-8-10-6-5-7-18-13(10)12(17)9-11;1-10-11(9-16)7-6-8-12(10)15-17-13(2,3)14(4,5)18-15;14-9-5-8(4-7-2-1-3-17-11(7)9)12-13(15)19-10(16)6-18-12;5-3-4(6)9-2(7)1-8-3/h2-9,11H,1H3,(H2,24,27);5-9H,1-4H3;6-8H,1-5H3;1-6H,(H2,16,19);1H,(H2,7,9). The number of anilines is 3. The predicted octanol–water partition coefficient (Wildman–Crippen LogP) is 15.2. The minimum Gasteiger partial charge on any atom is -0.399 e. The smallest absolute Gasteiger partial charge is 0.399 e. The summed E-state index contributed by atoms with van der Waals surface area (Å²) in [5, 5.41) is 23.5. The van der Waals surface area contributed by atoms with E-state index in [-0.39, 0.29) is 38.5 Å². The zero-order valence-corrected chi connectivity index (χ0v) is 57.4. The lowest BCUT2D eigenvalue weighted by Crippen LogP contribution is -2.41. The van der Waals surface area contributed by atoms with Gasteiger partial charge in [-0.25, -0.2) is 24.9 Å². The molecule has 0 amide bonds. The van der Waals surface area contributed by atoms with Gasteiger partial charge in [0.05, 0.1) is 107 Å². The first-order valence-corrected chi connectivity index (χ1v) is 31.4. The zero-order valence-electron chi connectivity index (χ0n) is 52.1.